The molecule has 0 spiro atoms. The van der Waals surface area contributed by atoms with Gasteiger partial charge in [0.2, 0.25) is 0 Å². The highest BCUT2D eigenvalue weighted by Gasteiger charge is 2.26. The van der Waals surface area contributed by atoms with Gasteiger partial charge in [-0.15, -0.1) is 0 Å². The number of hydrogen-bond acceptors (Lipinski definition) is 4. The predicted molar refractivity (Wildman–Crippen MR) is 75.7 cm³/mol. The van der Waals surface area contributed by atoms with Crippen LogP contribution in [0, 0.1) is 0 Å². The molecule has 0 fully saturated rings. The van der Waals surface area contributed by atoms with Gasteiger partial charge in [-0.1, -0.05) is 13.0 Å². The van der Waals surface area contributed by atoms with E-state index in [1.165, 1.54) is 0 Å². The maximum Gasteiger partial charge on any atom is 0.326 e. The van der Waals surface area contributed by atoms with Gasteiger partial charge in [-0.2, -0.15) is 0 Å². The van der Waals surface area contributed by atoms with Gasteiger partial charge < -0.3 is 15.5 Å². The van der Waals surface area contributed by atoms with Gasteiger partial charge in [0.15, 0.2) is 0 Å². The first-order chi connectivity index (χ1) is 10.4. The van der Waals surface area contributed by atoms with Crippen molar-refractivity contribution in [1.29, 1.82) is 0 Å². The highest BCUT2D eigenvalue weighted by molar-refractivity contribution is 5.97. The van der Waals surface area contributed by atoms with Gasteiger partial charge in [-0.05, 0) is 18.6 Å². The minimum Gasteiger partial charge on any atom is -0.481 e. The molecular formula is C14H15N3O5. The quantitative estimate of drug-likeness (QED) is 0.717. The number of hydrogen-bond donors (Lipinski definition) is 3. The van der Waals surface area contributed by atoms with Gasteiger partial charge in [0.05, 0.1) is 12.1 Å². The van der Waals surface area contributed by atoms with E-state index in [9.17, 15) is 14.4 Å². The van der Waals surface area contributed by atoms with Crippen molar-refractivity contribution in [3.63, 3.8) is 0 Å². The van der Waals surface area contributed by atoms with E-state index in [0.717, 1.165) is 0 Å². The monoisotopic (exact) mass is 305 g/mol. The molecular weight excluding hydrogens is 290 g/mol. The van der Waals surface area contributed by atoms with Crippen LogP contribution in [0.15, 0.2) is 24.4 Å². The van der Waals surface area contributed by atoms with E-state index in [-0.39, 0.29) is 5.69 Å². The molecule has 2 rings (SSSR count). The second-order valence-corrected chi connectivity index (χ2v) is 4.65. The summed E-state index contributed by atoms with van der Waals surface area (Å²) in [4.78, 5) is 38.4. The summed E-state index contributed by atoms with van der Waals surface area (Å²) < 4.78 is 1.55. The number of aryl methyl sites for hydroxylation is 1. The summed E-state index contributed by atoms with van der Waals surface area (Å²) in [6.45, 7) is 1.82. The van der Waals surface area contributed by atoms with E-state index in [0.29, 0.717) is 17.8 Å². The molecule has 116 valence electrons. The molecule has 0 aliphatic heterocycles. The van der Waals surface area contributed by atoms with Crippen LogP contribution in [0.2, 0.25) is 0 Å². The minimum atomic E-state index is -1.50. The number of carbonyl (C=O) groups excluding carboxylic acids is 1. The van der Waals surface area contributed by atoms with E-state index in [1.807, 2.05) is 6.92 Å². The highest BCUT2D eigenvalue weighted by atomic mass is 16.4. The van der Waals surface area contributed by atoms with E-state index in [1.54, 1.807) is 28.8 Å². The van der Waals surface area contributed by atoms with Crippen LogP contribution in [0.5, 0.6) is 0 Å². The molecule has 0 aromatic carbocycles. The Morgan fingerprint density at radius 1 is 1.32 bits per heavy atom. The third-order valence-corrected chi connectivity index (χ3v) is 3.13. The Hall–Kier alpha value is -2.90. The Morgan fingerprint density at radius 2 is 2.05 bits per heavy atom. The smallest absolute Gasteiger partial charge is 0.326 e. The van der Waals surface area contributed by atoms with E-state index in [4.69, 9.17) is 10.2 Å². The van der Waals surface area contributed by atoms with Crippen molar-refractivity contribution >= 4 is 23.5 Å². The fourth-order valence-corrected chi connectivity index (χ4v) is 2.13. The number of rotatable bonds is 6. The molecule has 2 heterocycles. The van der Waals surface area contributed by atoms with Gasteiger partial charge in [-0.3, -0.25) is 14.0 Å². The Kier molecular flexibility index (Phi) is 4.40. The summed E-state index contributed by atoms with van der Waals surface area (Å²) in [5.74, 6) is -3.37. The van der Waals surface area contributed by atoms with Crippen LogP contribution in [0.25, 0.3) is 5.65 Å². The van der Waals surface area contributed by atoms with Crippen LogP contribution in [0.3, 0.4) is 0 Å². The van der Waals surface area contributed by atoms with Crippen molar-refractivity contribution in [2.24, 2.45) is 0 Å². The summed E-state index contributed by atoms with van der Waals surface area (Å²) in [5, 5.41) is 20.0. The number of carboxylic acid groups (broad SMARTS) is 2. The first kappa shape index (κ1) is 15.5. The SMILES string of the molecule is CCc1nc2ccccn2c1C(=O)NC(CC(=O)O)C(=O)O. The van der Waals surface area contributed by atoms with Gasteiger partial charge in [-0.25, -0.2) is 9.78 Å². The number of carbonyl (C=O) groups is 3. The number of amides is 1. The zero-order chi connectivity index (χ0) is 16.3. The lowest BCUT2D eigenvalue weighted by Crippen LogP contribution is -2.42. The number of imidazole rings is 1. The molecule has 8 nitrogen and oxygen atoms in total. The van der Waals surface area contributed by atoms with E-state index >= 15 is 0 Å². The fraction of sp³-hybridized carbons (Fsp3) is 0.286. The molecule has 22 heavy (non-hydrogen) atoms. The first-order valence-electron chi connectivity index (χ1n) is 6.65. The molecule has 0 saturated carbocycles. The van der Waals surface area contributed by atoms with E-state index < -0.39 is 30.3 Å². The summed E-state index contributed by atoms with van der Waals surface area (Å²) >= 11 is 0. The molecule has 0 aliphatic rings. The van der Waals surface area contributed by atoms with Crippen molar-refractivity contribution < 1.29 is 24.6 Å². The number of aromatic nitrogens is 2. The Balaban J connectivity index is 2.36. The Bertz CT molecular complexity index is 737. The number of pyridine rings is 1. The normalized spacial score (nSPS) is 12.0. The van der Waals surface area contributed by atoms with Crippen molar-refractivity contribution in [2.75, 3.05) is 0 Å². The summed E-state index contributed by atoms with van der Waals surface area (Å²) in [6, 6.07) is 3.72. The lowest BCUT2D eigenvalue weighted by atomic mass is 10.2. The zero-order valence-corrected chi connectivity index (χ0v) is 11.8. The van der Waals surface area contributed by atoms with Crippen molar-refractivity contribution in [3.8, 4) is 0 Å². The number of nitrogens with zero attached hydrogens (tertiary/aromatic N) is 2. The molecule has 3 N–H and O–H groups in total. The van der Waals surface area contributed by atoms with Crippen LogP contribution in [0.1, 0.15) is 29.5 Å². The molecule has 1 atom stereocenters. The molecule has 0 aliphatic carbocycles. The molecule has 0 radical (unpaired) electrons. The largest absolute Gasteiger partial charge is 0.481 e. The second-order valence-electron chi connectivity index (χ2n) is 4.65. The molecule has 1 unspecified atom stereocenters. The number of fused-ring (bicyclic) bond motifs is 1. The Morgan fingerprint density at radius 3 is 2.64 bits per heavy atom. The third kappa shape index (κ3) is 3.05. The number of nitrogens with one attached hydrogen (secondary N) is 1. The maximum atomic E-state index is 12.4. The average Bonchev–Trinajstić information content (AvgIpc) is 2.84. The van der Waals surface area contributed by atoms with Crippen LogP contribution >= 0.6 is 0 Å². The summed E-state index contributed by atoms with van der Waals surface area (Å²) in [6.07, 6.45) is 1.43. The molecule has 8 heteroatoms. The predicted octanol–water partition coefficient (Wildman–Crippen LogP) is 0.554. The van der Waals surface area contributed by atoms with Crippen LogP contribution in [-0.4, -0.2) is 43.5 Å². The van der Waals surface area contributed by atoms with Crippen molar-refractivity contribution in [3.05, 3.63) is 35.8 Å². The molecule has 0 bridgehead atoms. The number of aliphatic carboxylic acids is 2. The summed E-state index contributed by atoms with van der Waals surface area (Å²) in [5.41, 5.74) is 1.30. The Labute approximate surface area is 125 Å². The highest BCUT2D eigenvalue weighted by Crippen LogP contribution is 2.13. The lowest BCUT2D eigenvalue weighted by Gasteiger charge is -2.12. The third-order valence-electron chi connectivity index (χ3n) is 3.13. The van der Waals surface area contributed by atoms with E-state index in [2.05, 4.69) is 10.3 Å². The number of carboxylic acids is 2. The van der Waals surface area contributed by atoms with Crippen LogP contribution < -0.4 is 5.32 Å². The van der Waals surface area contributed by atoms with Crippen LogP contribution in [-0.2, 0) is 16.0 Å². The standard InChI is InChI=1S/C14H15N3O5/c1-2-8-12(17-6-4-3-5-10(17)15-8)13(20)16-9(14(21)22)7-11(18)19/h3-6,9H,2,7H2,1H3,(H,16,20)(H,18,19)(H,21,22). The van der Waals surface area contributed by atoms with Gasteiger partial charge >= 0.3 is 11.9 Å². The minimum absolute atomic E-state index is 0.217. The van der Waals surface area contributed by atoms with Gasteiger partial charge in [0, 0.05) is 6.20 Å². The average molecular weight is 305 g/mol. The van der Waals surface area contributed by atoms with Crippen molar-refractivity contribution in [2.45, 2.75) is 25.8 Å². The van der Waals surface area contributed by atoms with Crippen molar-refractivity contribution in [1.82, 2.24) is 14.7 Å². The van der Waals surface area contributed by atoms with Crippen LogP contribution in [0.4, 0.5) is 0 Å². The molecule has 1 amide bonds. The summed E-state index contributed by atoms with van der Waals surface area (Å²) in [7, 11) is 0. The van der Waals surface area contributed by atoms with Gasteiger partial charge in [0.1, 0.15) is 17.4 Å². The first-order valence-corrected chi connectivity index (χ1v) is 6.65. The second kappa shape index (κ2) is 6.25. The topological polar surface area (TPSA) is 121 Å². The lowest BCUT2D eigenvalue weighted by molar-refractivity contribution is -0.145. The molecule has 2 aromatic rings. The molecule has 0 saturated heterocycles. The molecule has 2 aromatic heterocycles. The zero-order valence-electron chi connectivity index (χ0n) is 11.8. The van der Waals surface area contributed by atoms with Gasteiger partial charge in [0.25, 0.3) is 5.91 Å². The fourth-order valence-electron chi connectivity index (χ4n) is 2.13. The maximum absolute atomic E-state index is 12.4.